The summed E-state index contributed by atoms with van der Waals surface area (Å²) in [7, 11) is 0. The Hall–Kier alpha value is -1.58. The van der Waals surface area contributed by atoms with E-state index in [-0.39, 0.29) is 0 Å². The minimum Gasteiger partial charge on any atom is -0.310 e. The number of fused-ring (bicyclic) bond motifs is 1. The number of nitrogens with zero attached hydrogens (tertiary/aromatic N) is 3. The number of aromatic nitrogens is 3. The molecule has 1 aliphatic rings. The van der Waals surface area contributed by atoms with Gasteiger partial charge in [-0.3, -0.25) is 0 Å². The highest BCUT2D eigenvalue weighted by Gasteiger charge is 2.32. The monoisotopic (exact) mass is 359 g/mol. The molecule has 2 aromatic heterocycles. The van der Waals surface area contributed by atoms with Gasteiger partial charge in [0.15, 0.2) is 5.65 Å². The molecule has 2 heterocycles. The maximum atomic E-state index is 6.43. The summed E-state index contributed by atoms with van der Waals surface area (Å²) in [4.78, 5) is 9.56. The lowest BCUT2D eigenvalue weighted by atomic mass is 10.1. The Morgan fingerprint density at radius 1 is 1.21 bits per heavy atom. The molecule has 3 aromatic rings. The molecule has 1 saturated carbocycles. The second kappa shape index (κ2) is 6.05. The first-order chi connectivity index (χ1) is 11.6. The number of pyridine rings is 1. The van der Waals surface area contributed by atoms with Crippen LogP contribution in [-0.2, 0) is 6.42 Å². The van der Waals surface area contributed by atoms with Gasteiger partial charge in [0, 0.05) is 39.8 Å². The maximum Gasteiger partial charge on any atom is 0.160 e. The van der Waals surface area contributed by atoms with Crippen LogP contribution in [0.4, 0.5) is 0 Å². The zero-order valence-electron chi connectivity index (χ0n) is 13.8. The van der Waals surface area contributed by atoms with Crippen molar-refractivity contribution >= 4 is 34.4 Å². The van der Waals surface area contributed by atoms with Crippen LogP contribution in [0.2, 0.25) is 10.0 Å². The Balaban J connectivity index is 1.95. The van der Waals surface area contributed by atoms with Gasteiger partial charge in [-0.1, -0.05) is 36.2 Å². The van der Waals surface area contributed by atoms with Crippen molar-refractivity contribution in [1.29, 1.82) is 0 Å². The minimum atomic E-state index is 0.438. The molecule has 3 nitrogen and oxygen atoms in total. The Morgan fingerprint density at radius 2 is 2.00 bits per heavy atom. The first-order valence-corrected chi connectivity index (χ1v) is 9.17. The van der Waals surface area contributed by atoms with Gasteiger partial charge in [0.25, 0.3) is 0 Å². The molecule has 5 heteroatoms. The fourth-order valence-electron chi connectivity index (χ4n) is 3.43. The fourth-order valence-corrected chi connectivity index (χ4v) is 3.94. The van der Waals surface area contributed by atoms with Crippen molar-refractivity contribution in [2.24, 2.45) is 5.92 Å². The van der Waals surface area contributed by atoms with Crippen LogP contribution in [0.3, 0.4) is 0 Å². The highest BCUT2D eigenvalue weighted by atomic mass is 35.5. The SMILES string of the molecule is CCc1nc2c(-c3ccc(Cl)cc3Cl)ccnc2n1[C@H](C)C1CC1. The van der Waals surface area contributed by atoms with Crippen LogP contribution >= 0.6 is 23.2 Å². The summed E-state index contributed by atoms with van der Waals surface area (Å²) in [5, 5.41) is 1.27. The largest absolute Gasteiger partial charge is 0.310 e. The van der Waals surface area contributed by atoms with Gasteiger partial charge in [0.2, 0.25) is 0 Å². The van der Waals surface area contributed by atoms with E-state index in [0.717, 1.165) is 40.5 Å². The van der Waals surface area contributed by atoms with E-state index in [1.165, 1.54) is 12.8 Å². The number of halogens is 2. The number of benzene rings is 1. The Morgan fingerprint density at radius 3 is 2.67 bits per heavy atom. The molecule has 0 unspecified atom stereocenters. The summed E-state index contributed by atoms with van der Waals surface area (Å²) in [6.07, 6.45) is 5.33. The number of imidazole rings is 1. The maximum absolute atomic E-state index is 6.43. The zero-order chi connectivity index (χ0) is 16.8. The molecular weight excluding hydrogens is 341 g/mol. The molecule has 0 radical (unpaired) electrons. The van der Waals surface area contributed by atoms with E-state index >= 15 is 0 Å². The lowest BCUT2D eigenvalue weighted by molar-refractivity contribution is 0.479. The van der Waals surface area contributed by atoms with Crippen molar-refractivity contribution in [2.75, 3.05) is 0 Å². The fraction of sp³-hybridized carbons (Fsp3) is 0.368. The molecule has 1 aromatic carbocycles. The van der Waals surface area contributed by atoms with Gasteiger partial charge in [-0.05, 0) is 43.9 Å². The minimum absolute atomic E-state index is 0.438. The van der Waals surface area contributed by atoms with E-state index in [1.54, 1.807) is 6.07 Å². The summed E-state index contributed by atoms with van der Waals surface area (Å²) < 4.78 is 2.32. The van der Waals surface area contributed by atoms with E-state index in [2.05, 4.69) is 23.4 Å². The van der Waals surface area contributed by atoms with Gasteiger partial charge >= 0.3 is 0 Å². The molecule has 0 bridgehead atoms. The first kappa shape index (κ1) is 15.9. The Bertz CT molecular complexity index is 912. The zero-order valence-corrected chi connectivity index (χ0v) is 15.3. The van der Waals surface area contributed by atoms with Crippen molar-refractivity contribution in [3.05, 3.63) is 46.3 Å². The van der Waals surface area contributed by atoms with Gasteiger partial charge in [-0.15, -0.1) is 0 Å². The molecule has 1 fully saturated rings. The highest BCUT2D eigenvalue weighted by Crippen LogP contribution is 2.42. The molecule has 24 heavy (non-hydrogen) atoms. The smallest absolute Gasteiger partial charge is 0.160 e. The second-order valence-corrected chi connectivity index (χ2v) is 7.33. The summed E-state index contributed by atoms with van der Waals surface area (Å²) in [5.74, 6) is 1.84. The second-order valence-electron chi connectivity index (χ2n) is 6.48. The summed E-state index contributed by atoms with van der Waals surface area (Å²) in [5.41, 5.74) is 3.83. The van der Waals surface area contributed by atoms with Crippen LogP contribution in [0.1, 0.15) is 38.6 Å². The number of hydrogen-bond donors (Lipinski definition) is 0. The van der Waals surface area contributed by atoms with Crippen LogP contribution in [-0.4, -0.2) is 14.5 Å². The van der Waals surface area contributed by atoms with Crippen LogP contribution in [0.15, 0.2) is 30.5 Å². The molecule has 0 amide bonds. The van der Waals surface area contributed by atoms with E-state index in [1.807, 2.05) is 24.4 Å². The molecular formula is C19H19Cl2N3. The summed E-state index contributed by atoms with van der Waals surface area (Å²) >= 11 is 12.5. The average Bonchev–Trinajstić information content (AvgIpc) is 3.34. The normalized spacial score (nSPS) is 15.8. The van der Waals surface area contributed by atoms with Gasteiger partial charge in [-0.2, -0.15) is 0 Å². The van der Waals surface area contributed by atoms with Crippen molar-refractivity contribution in [3.8, 4) is 11.1 Å². The third-order valence-electron chi connectivity index (χ3n) is 4.90. The van der Waals surface area contributed by atoms with E-state index in [9.17, 15) is 0 Å². The number of rotatable bonds is 4. The molecule has 0 aliphatic heterocycles. The van der Waals surface area contributed by atoms with E-state index in [0.29, 0.717) is 16.1 Å². The predicted octanol–water partition coefficient (Wildman–Crippen LogP) is 5.94. The Kier molecular flexibility index (Phi) is 4.01. The third-order valence-corrected chi connectivity index (χ3v) is 5.45. The first-order valence-electron chi connectivity index (χ1n) is 8.41. The van der Waals surface area contributed by atoms with Crippen molar-refractivity contribution < 1.29 is 0 Å². The predicted molar refractivity (Wildman–Crippen MR) is 99.8 cm³/mol. The van der Waals surface area contributed by atoms with Gasteiger partial charge in [0.1, 0.15) is 11.3 Å². The topological polar surface area (TPSA) is 30.7 Å². The van der Waals surface area contributed by atoms with E-state index < -0.39 is 0 Å². The summed E-state index contributed by atoms with van der Waals surface area (Å²) in [6, 6.07) is 8.01. The molecule has 1 atom stereocenters. The molecule has 0 saturated heterocycles. The van der Waals surface area contributed by atoms with Crippen LogP contribution < -0.4 is 0 Å². The molecule has 0 spiro atoms. The quantitative estimate of drug-likeness (QED) is 0.577. The van der Waals surface area contributed by atoms with E-state index in [4.69, 9.17) is 28.2 Å². The van der Waals surface area contributed by atoms with Crippen LogP contribution in [0.5, 0.6) is 0 Å². The lowest BCUT2D eigenvalue weighted by Gasteiger charge is -2.16. The Labute approximate surface area is 151 Å². The molecule has 124 valence electrons. The van der Waals surface area contributed by atoms with Crippen molar-refractivity contribution in [3.63, 3.8) is 0 Å². The highest BCUT2D eigenvalue weighted by molar-refractivity contribution is 6.36. The number of aryl methyl sites for hydroxylation is 1. The van der Waals surface area contributed by atoms with Crippen molar-refractivity contribution in [1.82, 2.24) is 14.5 Å². The van der Waals surface area contributed by atoms with Gasteiger partial charge in [-0.25, -0.2) is 9.97 Å². The standard InChI is InChI=1S/C19H19Cl2N3/c1-3-17-23-18-15(14-7-6-13(20)10-16(14)21)8-9-22-19(18)24(17)11(2)12-4-5-12/h6-12H,3-5H2,1-2H3/t11-/m1/s1. The average molecular weight is 360 g/mol. The molecule has 1 aliphatic carbocycles. The van der Waals surface area contributed by atoms with Gasteiger partial charge in [0.05, 0.1) is 0 Å². The molecule has 0 N–H and O–H groups in total. The number of hydrogen-bond acceptors (Lipinski definition) is 2. The summed E-state index contributed by atoms with van der Waals surface area (Å²) in [6.45, 7) is 4.42. The van der Waals surface area contributed by atoms with Crippen LogP contribution in [0.25, 0.3) is 22.3 Å². The third kappa shape index (κ3) is 2.60. The van der Waals surface area contributed by atoms with Gasteiger partial charge < -0.3 is 4.57 Å². The molecule has 4 rings (SSSR count). The van der Waals surface area contributed by atoms with Crippen LogP contribution in [0, 0.1) is 5.92 Å². The lowest BCUT2D eigenvalue weighted by Crippen LogP contribution is -2.11. The van der Waals surface area contributed by atoms with Crippen molar-refractivity contribution in [2.45, 2.75) is 39.2 Å².